The lowest BCUT2D eigenvalue weighted by molar-refractivity contribution is -0.120. The van der Waals surface area contributed by atoms with Gasteiger partial charge in [0.15, 0.2) is 5.69 Å². The molecule has 3 heterocycles. The highest BCUT2D eigenvalue weighted by Gasteiger charge is 2.33. The summed E-state index contributed by atoms with van der Waals surface area (Å²) >= 11 is 0. The monoisotopic (exact) mass is 396 g/mol. The Kier molecular flexibility index (Phi) is 4.68. The van der Waals surface area contributed by atoms with E-state index in [2.05, 4.69) is 25.6 Å². The molecule has 1 unspecified atom stereocenters. The van der Waals surface area contributed by atoms with Gasteiger partial charge in [0, 0.05) is 23.3 Å². The number of aryl methyl sites for hydroxylation is 1. The second kappa shape index (κ2) is 7.06. The van der Waals surface area contributed by atoms with E-state index < -0.39 is 5.91 Å². The maximum atomic E-state index is 12.6. The van der Waals surface area contributed by atoms with Crippen LogP contribution in [0.4, 0.5) is 5.82 Å². The number of rotatable bonds is 2. The van der Waals surface area contributed by atoms with E-state index in [1.807, 2.05) is 20.8 Å². The van der Waals surface area contributed by atoms with Gasteiger partial charge in [-0.15, -0.1) is 0 Å². The molecule has 9 heteroatoms. The van der Waals surface area contributed by atoms with Crippen LogP contribution in [-0.2, 0) is 10.2 Å². The van der Waals surface area contributed by atoms with E-state index in [0.29, 0.717) is 11.6 Å². The molecular formula is C20H24N6O3. The molecule has 0 bridgehead atoms. The molecule has 2 aromatic rings. The van der Waals surface area contributed by atoms with Gasteiger partial charge in [-0.3, -0.25) is 9.59 Å². The van der Waals surface area contributed by atoms with Crippen molar-refractivity contribution in [3.05, 3.63) is 29.3 Å². The summed E-state index contributed by atoms with van der Waals surface area (Å²) in [6.45, 7) is 7.76. The Morgan fingerprint density at radius 3 is 2.72 bits per heavy atom. The van der Waals surface area contributed by atoms with Gasteiger partial charge in [0.05, 0.1) is 11.6 Å². The van der Waals surface area contributed by atoms with Crippen molar-refractivity contribution in [1.29, 1.82) is 0 Å². The van der Waals surface area contributed by atoms with Crippen molar-refractivity contribution in [3.8, 4) is 0 Å². The Labute approximate surface area is 168 Å². The lowest BCUT2D eigenvalue weighted by Gasteiger charge is -2.24. The van der Waals surface area contributed by atoms with Crippen LogP contribution in [0, 0.1) is 12.8 Å². The molecule has 0 aromatic carbocycles. The quantitative estimate of drug-likeness (QED) is 0.837. The lowest BCUT2D eigenvalue weighted by atomic mass is 9.86. The SMILES string of the molecule is Cc1cc(C(=O)Nc2cc(C(C)(C)C)nn2C2=NC(=O)C3CCCCC3=N2)no1. The molecule has 0 radical (unpaired) electrons. The molecule has 0 saturated heterocycles. The van der Waals surface area contributed by atoms with E-state index >= 15 is 0 Å². The molecule has 1 saturated carbocycles. The van der Waals surface area contributed by atoms with E-state index in [1.165, 1.54) is 4.68 Å². The fourth-order valence-corrected chi connectivity index (χ4v) is 3.46. The van der Waals surface area contributed by atoms with Crippen LogP contribution < -0.4 is 5.32 Å². The number of aromatic nitrogens is 3. The van der Waals surface area contributed by atoms with Crippen LogP contribution >= 0.6 is 0 Å². The number of fused-ring (bicyclic) bond motifs is 1. The van der Waals surface area contributed by atoms with Gasteiger partial charge in [-0.2, -0.15) is 14.8 Å². The highest BCUT2D eigenvalue weighted by atomic mass is 16.5. The average Bonchev–Trinajstić information content (AvgIpc) is 3.28. The van der Waals surface area contributed by atoms with Crippen molar-refractivity contribution in [1.82, 2.24) is 14.9 Å². The standard InChI is InChI=1S/C20H24N6O3/c1-11-9-14(25-29-11)18(28)22-16-10-15(20(2,3)4)24-26(16)19-21-13-8-6-5-7-12(13)17(27)23-19/h9-10,12H,5-8H2,1-4H3,(H,22,28). The number of anilines is 1. The predicted octanol–water partition coefficient (Wildman–Crippen LogP) is 3.10. The molecule has 1 aliphatic heterocycles. The van der Waals surface area contributed by atoms with Crippen LogP contribution in [-0.4, -0.2) is 38.4 Å². The summed E-state index contributed by atoms with van der Waals surface area (Å²) in [6, 6.07) is 3.32. The van der Waals surface area contributed by atoms with Gasteiger partial charge < -0.3 is 9.84 Å². The molecule has 9 nitrogen and oxygen atoms in total. The first kappa shape index (κ1) is 19.2. The number of amides is 2. The Hall–Kier alpha value is -3.10. The van der Waals surface area contributed by atoms with Crippen LogP contribution in [0.25, 0.3) is 0 Å². The smallest absolute Gasteiger partial charge is 0.279 e. The summed E-state index contributed by atoms with van der Waals surface area (Å²) in [5, 5.41) is 11.1. The van der Waals surface area contributed by atoms with Gasteiger partial charge in [0.25, 0.3) is 17.8 Å². The third kappa shape index (κ3) is 3.76. The fourth-order valence-electron chi connectivity index (χ4n) is 3.46. The van der Waals surface area contributed by atoms with Gasteiger partial charge in [-0.25, -0.2) is 4.99 Å². The molecule has 2 aromatic heterocycles. The molecule has 152 valence electrons. The molecule has 2 aliphatic rings. The van der Waals surface area contributed by atoms with Crippen molar-refractivity contribution in [2.24, 2.45) is 15.9 Å². The summed E-state index contributed by atoms with van der Waals surface area (Å²) in [4.78, 5) is 34.0. The van der Waals surface area contributed by atoms with Gasteiger partial charge in [-0.1, -0.05) is 32.3 Å². The predicted molar refractivity (Wildman–Crippen MR) is 107 cm³/mol. The average molecular weight is 396 g/mol. The molecule has 0 spiro atoms. The summed E-state index contributed by atoms with van der Waals surface area (Å²) < 4.78 is 6.41. The van der Waals surface area contributed by atoms with Crippen molar-refractivity contribution < 1.29 is 14.1 Å². The minimum absolute atomic E-state index is 0.160. The van der Waals surface area contributed by atoms with Crippen LogP contribution in [0.15, 0.2) is 26.6 Å². The number of aliphatic imine (C=N–C) groups is 2. The van der Waals surface area contributed by atoms with Gasteiger partial charge in [0.2, 0.25) is 0 Å². The molecular weight excluding hydrogens is 372 g/mol. The number of nitrogens with zero attached hydrogens (tertiary/aromatic N) is 5. The number of nitrogens with one attached hydrogen (secondary N) is 1. The highest BCUT2D eigenvalue weighted by molar-refractivity contribution is 6.16. The van der Waals surface area contributed by atoms with E-state index in [-0.39, 0.29) is 28.9 Å². The zero-order chi connectivity index (χ0) is 20.8. The Balaban J connectivity index is 1.72. The summed E-state index contributed by atoms with van der Waals surface area (Å²) in [5.74, 6) is 0.254. The molecule has 1 aliphatic carbocycles. The summed E-state index contributed by atoms with van der Waals surface area (Å²) in [6.07, 6.45) is 3.59. The number of hydrogen-bond acceptors (Lipinski definition) is 6. The highest BCUT2D eigenvalue weighted by Crippen LogP contribution is 2.28. The zero-order valence-corrected chi connectivity index (χ0v) is 17.0. The molecule has 1 atom stereocenters. The van der Waals surface area contributed by atoms with Crippen molar-refractivity contribution in [3.63, 3.8) is 0 Å². The number of carbonyl (C=O) groups excluding carboxylic acids is 2. The first-order valence-corrected chi connectivity index (χ1v) is 9.78. The first-order chi connectivity index (χ1) is 13.7. The van der Waals surface area contributed by atoms with E-state index in [0.717, 1.165) is 37.1 Å². The Bertz CT molecular complexity index is 1040. The molecule has 2 amide bonds. The normalized spacial score (nSPS) is 19.4. The van der Waals surface area contributed by atoms with Crippen LogP contribution in [0.3, 0.4) is 0 Å². The minimum atomic E-state index is -0.436. The summed E-state index contributed by atoms with van der Waals surface area (Å²) in [5.41, 5.74) is 1.48. The van der Waals surface area contributed by atoms with Gasteiger partial charge in [-0.05, 0) is 26.2 Å². The topological polar surface area (TPSA) is 115 Å². The van der Waals surface area contributed by atoms with Crippen molar-refractivity contribution in [2.75, 3.05) is 5.32 Å². The number of carbonyl (C=O) groups is 2. The van der Waals surface area contributed by atoms with Crippen LogP contribution in [0.5, 0.6) is 0 Å². The van der Waals surface area contributed by atoms with Crippen molar-refractivity contribution in [2.45, 2.75) is 58.8 Å². The molecule has 1 N–H and O–H groups in total. The van der Waals surface area contributed by atoms with E-state index in [9.17, 15) is 9.59 Å². The van der Waals surface area contributed by atoms with Crippen LogP contribution in [0.1, 0.15) is 68.4 Å². The zero-order valence-electron chi connectivity index (χ0n) is 17.0. The first-order valence-electron chi connectivity index (χ1n) is 9.78. The molecule has 29 heavy (non-hydrogen) atoms. The Morgan fingerprint density at radius 1 is 1.24 bits per heavy atom. The maximum absolute atomic E-state index is 12.6. The second-order valence-corrected chi connectivity index (χ2v) is 8.51. The maximum Gasteiger partial charge on any atom is 0.279 e. The number of hydrogen-bond donors (Lipinski definition) is 1. The lowest BCUT2D eigenvalue weighted by Crippen LogP contribution is -2.34. The van der Waals surface area contributed by atoms with E-state index in [4.69, 9.17) is 4.52 Å². The molecule has 4 rings (SSSR count). The minimum Gasteiger partial charge on any atom is -0.361 e. The fraction of sp³-hybridized carbons (Fsp3) is 0.500. The van der Waals surface area contributed by atoms with Crippen molar-refractivity contribution >= 4 is 29.3 Å². The van der Waals surface area contributed by atoms with Crippen LogP contribution in [0.2, 0.25) is 0 Å². The summed E-state index contributed by atoms with van der Waals surface area (Å²) in [7, 11) is 0. The second-order valence-electron chi connectivity index (χ2n) is 8.51. The Morgan fingerprint density at radius 2 is 2.03 bits per heavy atom. The van der Waals surface area contributed by atoms with Gasteiger partial charge in [0.1, 0.15) is 11.6 Å². The third-order valence-corrected chi connectivity index (χ3v) is 5.10. The third-order valence-electron chi connectivity index (χ3n) is 5.10. The largest absolute Gasteiger partial charge is 0.361 e. The molecule has 1 fully saturated rings. The van der Waals surface area contributed by atoms with Gasteiger partial charge >= 0.3 is 0 Å². The van der Waals surface area contributed by atoms with E-state index in [1.54, 1.807) is 19.1 Å².